The van der Waals surface area contributed by atoms with E-state index in [1.807, 2.05) is 0 Å². The van der Waals surface area contributed by atoms with Crippen molar-refractivity contribution in [2.45, 2.75) is 13.1 Å². The maximum Gasteiger partial charge on any atom is 0.145 e. The second-order valence-electron chi connectivity index (χ2n) is 12.8. The van der Waals surface area contributed by atoms with Gasteiger partial charge in [-0.15, -0.1) is 0 Å². The van der Waals surface area contributed by atoms with Crippen molar-refractivity contribution in [2.24, 2.45) is 0 Å². The Labute approximate surface area is 279 Å². The first-order chi connectivity index (χ1) is 23.1. The van der Waals surface area contributed by atoms with Gasteiger partial charge in [0.15, 0.2) is 0 Å². The molecule has 8 aromatic rings. The molecule has 1 heterocycles. The molecule has 0 N–H and O–H groups in total. The van der Waals surface area contributed by atoms with E-state index in [0.717, 1.165) is 0 Å². The fraction of sp³-hybridized carbons (Fsp3) is 0.0455. The highest BCUT2D eigenvalue weighted by Gasteiger charge is 2.36. The highest BCUT2D eigenvalue weighted by atomic mass is 28.3. The van der Waals surface area contributed by atoms with Gasteiger partial charge < -0.3 is 4.57 Å². The van der Waals surface area contributed by atoms with Crippen molar-refractivity contribution in [2.75, 3.05) is 0 Å². The molecule has 226 valence electrons. The van der Waals surface area contributed by atoms with Crippen molar-refractivity contribution in [3.8, 4) is 5.69 Å². The monoisotopic (exact) mass is 635 g/mol. The molecule has 0 amide bonds. The number of fused-ring (bicyclic) bond motifs is 3. The lowest BCUT2D eigenvalue weighted by Gasteiger charge is -2.30. The van der Waals surface area contributed by atoms with E-state index < -0.39 is 16.1 Å². The van der Waals surface area contributed by atoms with Crippen LogP contribution in [0.15, 0.2) is 188 Å². The van der Waals surface area contributed by atoms with Crippen LogP contribution in [0.2, 0.25) is 13.1 Å². The number of rotatable bonds is 7. The number of aromatic nitrogens is 1. The van der Waals surface area contributed by atoms with Gasteiger partial charge in [0, 0.05) is 16.5 Å². The smallest absolute Gasteiger partial charge is 0.145 e. The average molecular weight is 636 g/mol. The van der Waals surface area contributed by atoms with Crippen LogP contribution in [0.25, 0.3) is 27.5 Å². The fourth-order valence-electron chi connectivity index (χ4n) is 7.59. The van der Waals surface area contributed by atoms with Gasteiger partial charge in [-0.05, 0) is 55.4 Å². The number of hydrogen-bond acceptors (Lipinski definition) is 0. The van der Waals surface area contributed by atoms with Crippen molar-refractivity contribution < 1.29 is 0 Å². The quantitative estimate of drug-likeness (QED) is 0.132. The first kappa shape index (κ1) is 29.2. The first-order valence-corrected chi connectivity index (χ1v) is 21.5. The Morgan fingerprint density at radius 1 is 0.319 bits per heavy atom. The molecular weight excluding hydrogens is 599 g/mol. The van der Waals surface area contributed by atoms with Crippen LogP contribution in [-0.4, -0.2) is 20.7 Å². The van der Waals surface area contributed by atoms with Gasteiger partial charge in [-0.3, -0.25) is 0 Å². The van der Waals surface area contributed by atoms with Crippen molar-refractivity contribution in [1.29, 1.82) is 0 Å². The Morgan fingerprint density at radius 2 is 0.617 bits per heavy atom. The normalized spacial score (nSPS) is 12.0. The van der Waals surface area contributed by atoms with Crippen LogP contribution in [0, 0.1) is 0 Å². The van der Waals surface area contributed by atoms with Gasteiger partial charge in [-0.25, -0.2) is 0 Å². The van der Waals surface area contributed by atoms with Crippen LogP contribution in [0.1, 0.15) is 0 Å². The van der Waals surface area contributed by atoms with Crippen LogP contribution in [-0.2, 0) is 0 Å². The SMILES string of the molecule is C[Si](c1ccccc1)(c1ccccc1)c1ccc2c(c1)c1cc([Si](C)(c3ccccc3)c3ccccc3)ccc1n2-c1ccccc1. The van der Waals surface area contributed by atoms with Crippen LogP contribution < -0.4 is 31.1 Å². The molecule has 1 nitrogen and oxygen atoms in total. The number of hydrogen-bond donors (Lipinski definition) is 0. The molecule has 0 aliphatic heterocycles. The minimum absolute atomic E-state index is 1.19. The molecule has 0 spiro atoms. The zero-order valence-electron chi connectivity index (χ0n) is 26.8. The zero-order valence-corrected chi connectivity index (χ0v) is 28.8. The summed E-state index contributed by atoms with van der Waals surface area (Å²) in [4.78, 5) is 0. The number of para-hydroxylation sites is 1. The van der Waals surface area contributed by atoms with Crippen LogP contribution in [0.3, 0.4) is 0 Å². The molecular formula is C44H37NSi2. The van der Waals surface area contributed by atoms with E-state index in [1.54, 1.807) is 0 Å². The molecule has 0 unspecified atom stereocenters. The van der Waals surface area contributed by atoms with Gasteiger partial charge in [-0.1, -0.05) is 177 Å². The molecule has 0 aliphatic rings. The second kappa shape index (κ2) is 11.9. The number of benzene rings is 7. The van der Waals surface area contributed by atoms with Crippen molar-refractivity contribution in [1.82, 2.24) is 4.57 Å². The van der Waals surface area contributed by atoms with E-state index in [0.29, 0.717) is 0 Å². The molecule has 0 saturated carbocycles. The highest BCUT2D eigenvalue weighted by molar-refractivity contribution is 7.11. The van der Waals surface area contributed by atoms with E-state index in [2.05, 4.69) is 206 Å². The maximum atomic E-state index is 2.52. The van der Waals surface area contributed by atoms with E-state index >= 15 is 0 Å². The Bertz CT molecular complexity index is 2070. The number of nitrogens with zero attached hydrogens (tertiary/aromatic N) is 1. The predicted octanol–water partition coefficient (Wildman–Crippen LogP) is 6.98. The summed E-state index contributed by atoms with van der Waals surface area (Å²) in [6, 6.07) is 70.0. The summed E-state index contributed by atoms with van der Waals surface area (Å²) >= 11 is 0. The summed E-state index contributed by atoms with van der Waals surface area (Å²) in [5.74, 6) is 0. The van der Waals surface area contributed by atoms with Crippen LogP contribution in [0.4, 0.5) is 0 Å². The van der Waals surface area contributed by atoms with Crippen molar-refractivity contribution in [3.05, 3.63) is 188 Å². The third-order valence-corrected chi connectivity index (χ3v) is 19.2. The molecule has 0 radical (unpaired) electrons. The Hall–Kier alpha value is -5.23. The molecule has 0 bridgehead atoms. The van der Waals surface area contributed by atoms with Gasteiger partial charge in [0.05, 0.1) is 11.0 Å². The van der Waals surface area contributed by atoms with Gasteiger partial charge in [0.1, 0.15) is 16.1 Å². The molecule has 3 heteroatoms. The minimum atomic E-state index is -2.31. The summed E-state index contributed by atoms with van der Waals surface area (Å²) in [5, 5.41) is 11.2. The lowest BCUT2D eigenvalue weighted by atomic mass is 10.1. The zero-order chi connectivity index (χ0) is 31.8. The largest absolute Gasteiger partial charge is 0.309 e. The lowest BCUT2D eigenvalue weighted by molar-refractivity contribution is 1.18. The van der Waals surface area contributed by atoms with E-state index in [-0.39, 0.29) is 0 Å². The maximum absolute atomic E-state index is 2.52. The van der Waals surface area contributed by atoms with E-state index in [1.165, 1.54) is 58.6 Å². The molecule has 1 aromatic heterocycles. The Balaban J connectivity index is 1.44. The van der Waals surface area contributed by atoms with Gasteiger partial charge in [-0.2, -0.15) is 0 Å². The van der Waals surface area contributed by atoms with E-state index in [9.17, 15) is 0 Å². The highest BCUT2D eigenvalue weighted by Crippen LogP contribution is 2.32. The topological polar surface area (TPSA) is 4.93 Å². The Kier molecular flexibility index (Phi) is 7.36. The molecule has 0 aliphatic carbocycles. The third-order valence-electron chi connectivity index (χ3n) is 10.3. The average Bonchev–Trinajstić information content (AvgIpc) is 3.49. The molecule has 0 saturated heterocycles. The summed E-state index contributed by atoms with van der Waals surface area (Å²) in [6.07, 6.45) is 0. The minimum Gasteiger partial charge on any atom is -0.309 e. The fourth-order valence-corrected chi connectivity index (χ4v) is 14.7. The van der Waals surface area contributed by atoms with Crippen molar-refractivity contribution in [3.63, 3.8) is 0 Å². The third kappa shape index (κ3) is 4.82. The molecule has 7 aromatic carbocycles. The standard InChI is InChI=1S/C44H37NSi2/c1-46(35-20-10-4-11-21-35,36-22-12-5-13-23-36)39-28-30-43-41(32-39)42-33-40(29-31-44(42)45(43)34-18-8-3-9-19-34)47(2,37-24-14-6-15-25-37)38-26-16-7-17-27-38/h3-33H,1-2H3. The summed E-state index contributed by atoms with van der Waals surface area (Å²) in [7, 11) is -4.62. The molecule has 8 rings (SSSR count). The van der Waals surface area contributed by atoms with Crippen LogP contribution >= 0.6 is 0 Å². The van der Waals surface area contributed by atoms with Gasteiger partial charge in [0.25, 0.3) is 0 Å². The molecule has 0 fully saturated rings. The first-order valence-electron chi connectivity index (χ1n) is 16.5. The lowest BCUT2D eigenvalue weighted by Crippen LogP contribution is -2.64. The summed E-state index contributed by atoms with van der Waals surface area (Å²) in [6.45, 7) is 5.02. The van der Waals surface area contributed by atoms with Crippen molar-refractivity contribution >= 4 is 69.1 Å². The van der Waals surface area contributed by atoms with Gasteiger partial charge >= 0.3 is 0 Å². The Morgan fingerprint density at radius 3 is 0.936 bits per heavy atom. The van der Waals surface area contributed by atoms with Gasteiger partial charge in [0.2, 0.25) is 0 Å². The summed E-state index contributed by atoms with van der Waals surface area (Å²) in [5.41, 5.74) is 3.67. The summed E-state index contributed by atoms with van der Waals surface area (Å²) < 4.78 is 2.45. The second-order valence-corrected chi connectivity index (χ2v) is 20.8. The predicted molar refractivity (Wildman–Crippen MR) is 208 cm³/mol. The molecule has 0 atom stereocenters. The molecule has 47 heavy (non-hydrogen) atoms. The van der Waals surface area contributed by atoms with Crippen LogP contribution in [0.5, 0.6) is 0 Å². The van der Waals surface area contributed by atoms with E-state index in [4.69, 9.17) is 0 Å².